The summed E-state index contributed by atoms with van der Waals surface area (Å²) < 4.78 is 0. The Labute approximate surface area is 470 Å². The molecule has 0 radical (unpaired) electrons. The third kappa shape index (κ3) is 61.4. The minimum Gasteiger partial charge on any atom is -0.356 e. The monoisotopic (exact) mass is 1060 g/mol. The molecule has 0 aliphatic carbocycles. The molecule has 448 valence electrons. The Balaban J connectivity index is 0. The average Bonchev–Trinajstić information content (AvgIpc) is 3.42. The van der Waals surface area contributed by atoms with Crippen LogP contribution in [-0.4, -0.2) is 111 Å². The summed E-state index contributed by atoms with van der Waals surface area (Å²) in [6.45, 7) is 26.9. The van der Waals surface area contributed by atoms with Crippen molar-refractivity contribution in [3.8, 4) is 0 Å². The minimum atomic E-state index is 0.191. The van der Waals surface area contributed by atoms with E-state index in [0.29, 0.717) is 19.3 Å². The van der Waals surface area contributed by atoms with Crippen LogP contribution >= 0.6 is 0 Å². The second kappa shape index (κ2) is 64.8. The SMILES string of the molecule is CCCCCCCCCCCCCCNC(=O)CCN(CC)CCCCCC.CCCCCCCCCCCCCCNC(=O)CCN(CC)CCCN(CC)CCC(=O)NCCCCCCCCCCCCCC. The smallest absolute Gasteiger partial charge is 0.221 e. The van der Waals surface area contributed by atoms with Gasteiger partial charge in [0.2, 0.25) is 17.7 Å². The van der Waals surface area contributed by atoms with Crippen LogP contribution in [0, 0.1) is 0 Å². The zero-order chi connectivity index (χ0) is 55.2. The van der Waals surface area contributed by atoms with E-state index in [4.69, 9.17) is 0 Å². The van der Waals surface area contributed by atoms with Crippen LogP contribution in [0.4, 0.5) is 0 Å². The molecule has 75 heavy (non-hydrogen) atoms. The summed E-state index contributed by atoms with van der Waals surface area (Å²) in [7, 11) is 0. The van der Waals surface area contributed by atoms with Crippen molar-refractivity contribution in [1.82, 2.24) is 30.7 Å². The van der Waals surface area contributed by atoms with Crippen molar-refractivity contribution in [2.45, 2.75) is 331 Å². The molecule has 0 aliphatic rings. The molecule has 0 saturated carbocycles. The van der Waals surface area contributed by atoms with E-state index >= 15 is 0 Å². The van der Waals surface area contributed by atoms with Gasteiger partial charge in [-0.05, 0) is 71.4 Å². The summed E-state index contributed by atoms with van der Waals surface area (Å²) >= 11 is 0. The number of hydrogen-bond acceptors (Lipinski definition) is 6. The molecule has 0 saturated heterocycles. The van der Waals surface area contributed by atoms with Gasteiger partial charge in [0, 0.05) is 58.5 Å². The highest BCUT2D eigenvalue weighted by Crippen LogP contribution is 2.15. The molecule has 0 fully saturated rings. The van der Waals surface area contributed by atoms with Crippen LogP contribution in [0.5, 0.6) is 0 Å². The fourth-order valence-electron chi connectivity index (χ4n) is 10.2. The van der Waals surface area contributed by atoms with E-state index in [-0.39, 0.29) is 17.7 Å². The lowest BCUT2D eigenvalue weighted by atomic mass is 10.1. The van der Waals surface area contributed by atoms with Gasteiger partial charge in [-0.3, -0.25) is 14.4 Å². The van der Waals surface area contributed by atoms with Crippen LogP contribution < -0.4 is 16.0 Å². The molecule has 0 rings (SSSR count). The Bertz CT molecular complexity index is 1090. The molecule has 9 nitrogen and oxygen atoms in total. The van der Waals surface area contributed by atoms with Gasteiger partial charge in [0.25, 0.3) is 0 Å². The number of hydrogen-bond donors (Lipinski definition) is 3. The van der Waals surface area contributed by atoms with Gasteiger partial charge in [0.15, 0.2) is 0 Å². The van der Waals surface area contributed by atoms with Crippen molar-refractivity contribution >= 4 is 17.7 Å². The first kappa shape index (κ1) is 75.4. The summed E-state index contributed by atoms with van der Waals surface area (Å²) in [6.07, 6.45) is 56.7. The third-order valence-corrected chi connectivity index (χ3v) is 15.6. The van der Waals surface area contributed by atoms with Crippen LogP contribution in [0.3, 0.4) is 0 Å². The van der Waals surface area contributed by atoms with Crippen LogP contribution in [0.1, 0.15) is 331 Å². The molecule has 0 aromatic heterocycles. The van der Waals surface area contributed by atoms with Crippen LogP contribution in [0.15, 0.2) is 0 Å². The van der Waals surface area contributed by atoms with E-state index in [2.05, 4.69) is 79.1 Å². The first-order chi connectivity index (χ1) is 36.8. The van der Waals surface area contributed by atoms with E-state index in [1.165, 1.54) is 238 Å². The number of nitrogens with one attached hydrogen (secondary N) is 3. The molecule has 0 aromatic rings. The Morgan fingerprint density at radius 3 is 0.627 bits per heavy atom. The highest BCUT2D eigenvalue weighted by molar-refractivity contribution is 5.76. The quantitative estimate of drug-likeness (QED) is 0.0525. The van der Waals surface area contributed by atoms with Crippen LogP contribution in [0.25, 0.3) is 0 Å². The normalized spacial score (nSPS) is 11.4. The van der Waals surface area contributed by atoms with Crippen LogP contribution in [0.2, 0.25) is 0 Å². The summed E-state index contributed by atoms with van der Waals surface area (Å²) in [5, 5.41) is 9.38. The Morgan fingerprint density at radius 1 is 0.227 bits per heavy atom. The largest absolute Gasteiger partial charge is 0.356 e. The maximum Gasteiger partial charge on any atom is 0.221 e. The number of carbonyl (C=O) groups is 3. The molecule has 0 unspecified atom stereocenters. The molecule has 0 spiro atoms. The number of rotatable bonds is 60. The molecule has 9 heteroatoms. The maximum atomic E-state index is 12.4. The van der Waals surface area contributed by atoms with Crippen molar-refractivity contribution in [3.05, 3.63) is 0 Å². The van der Waals surface area contributed by atoms with E-state index in [1.807, 2.05) is 0 Å². The molecule has 0 heterocycles. The zero-order valence-corrected chi connectivity index (χ0v) is 52.2. The lowest BCUT2D eigenvalue weighted by molar-refractivity contribution is -0.122. The van der Waals surface area contributed by atoms with Gasteiger partial charge in [-0.1, -0.05) is 280 Å². The summed E-state index contributed by atoms with van der Waals surface area (Å²) in [5.41, 5.74) is 0. The Kier molecular flexibility index (Phi) is 65.1. The van der Waals surface area contributed by atoms with Gasteiger partial charge in [-0.25, -0.2) is 0 Å². The second-order valence-electron chi connectivity index (χ2n) is 22.7. The van der Waals surface area contributed by atoms with Crippen LogP contribution in [-0.2, 0) is 14.4 Å². The van der Waals surface area contributed by atoms with Gasteiger partial charge >= 0.3 is 0 Å². The van der Waals surface area contributed by atoms with E-state index < -0.39 is 0 Å². The molecule has 0 aromatic carbocycles. The molecule has 0 atom stereocenters. The number of nitrogens with zero attached hydrogens (tertiary/aromatic N) is 3. The van der Waals surface area contributed by atoms with Gasteiger partial charge < -0.3 is 30.7 Å². The standard InChI is InChI=1S/C41H84N4O2.C25H52N2O/c1-5-9-11-13-15-17-19-21-23-25-27-29-34-42-40(46)32-38-44(7-3)36-31-37-45(8-4)39-33-41(47)43-35-30-28-26-24-22-20-18-16-14-12-10-6-2;1-4-7-9-11-12-13-14-15-16-17-18-19-22-26-25(28)21-24-27(6-3)23-20-10-8-5-2/h5-39H2,1-4H3,(H,42,46)(H,43,47);4-24H2,1-3H3,(H,26,28). The highest BCUT2D eigenvalue weighted by atomic mass is 16.2. The van der Waals surface area contributed by atoms with Crippen molar-refractivity contribution < 1.29 is 14.4 Å². The molecule has 3 amide bonds. The van der Waals surface area contributed by atoms with Gasteiger partial charge in [0.1, 0.15) is 0 Å². The van der Waals surface area contributed by atoms with Gasteiger partial charge in [-0.2, -0.15) is 0 Å². The third-order valence-electron chi connectivity index (χ3n) is 15.6. The van der Waals surface area contributed by atoms with Crippen molar-refractivity contribution in [2.75, 3.05) is 78.5 Å². The zero-order valence-electron chi connectivity index (χ0n) is 52.2. The lowest BCUT2D eigenvalue weighted by Gasteiger charge is -2.24. The van der Waals surface area contributed by atoms with Gasteiger partial charge in [0.05, 0.1) is 0 Å². The maximum absolute atomic E-state index is 12.4. The average molecular weight is 1060 g/mol. The van der Waals surface area contributed by atoms with E-state index in [0.717, 1.165) is 104 Å². The highest BCUT2D eigenvalue weighted by Gasteiger charge is 2.11. The van der Waals surface area contributed by atoms with Crippen molar-refractivity contribution in [3.63, 3.8) is 0 Å². The van der Waals surface area contributed by atoms with E-state index in [1.54, 1.807) is 0 Å². The molecule has 0 aliphatic heterocycles. The Morgan fingerprint density at radius 2 is 0.413 bits per heavy atom. The van der Waals surface area contributed by atoms with Gasteiger partial charge in [-0.15, -0.1) is 0 Å². The molecule has 0 bridgehead atoms. The fraction of sp³-hybridized carbons (Fsp3) is 0.955. The van der Waals surface area contributed by atoms with Crippen molar-refractivity contribution in [2.24, 2.45) is 0 Å². The lowest BCUT2D eigenvalue weighted by Crippen LogP contribution is -2.35. The number of unbranched alkanes of at least 4 members (excludes halogenated alkanes) is 36. The summed E-state index contributed by atoms with van der Waals surface area (Å²) in [6, 6.07) is 0. The molecular weight excluding hydrogens is 925 g/mol. The molecule has 3 N–H and O–H groups in total. The number of carbonyl (C=O) groups excluding carboxylic acids is 3. The fourth-order valence-corrected chi connectivity index (χ4v) is 10.2. The summed E-state index contributed by atoms with van der Waals surface area (Å²) in [4.78, 5) is 43.9. The first-order valence-electron chi connectivity index (χ1n) is 33.8. The predicted molar refractivity (Wildman–Crippen MR) is 331 cm³/mol. The molecular formula is C66H136N6O3. The topological polar surface area (TPSA) is 97.0 Å². The van der Waals surface area contributed by atoms with E-state index in [9.17, 15) is 14.4 Å². The number of amides is 3. The second-order valence-corrected chi connectivity index (χ2v) is 22.7. The first-order valence-corrected chi connectivity index (χ1v) is 33.8. The minimum absolute atomic E-state index is 0.191. The summed E-state index contributed by atoms with van der Waals surface area (Å²) in [5.74, 6) is 0.613. The Hall–Kier alpha value is -1.71. The van der Waals surface area contributed by atoms with Crippen molar-refractivity contribution in [1.29, 1.82) is 0 Å². The predicted octanol–water partition coefficient (Wildman–Crippen LogP) is 17.5.